The summed E-state index contributed by atoms with van der Waals surface area (Å²) in [6, 6.07) is 5.59. The number of hydrogen-bond donors (Lipinski definition) is 1. The number of aromatic nitrogens is 2. The molecular formula is C16H19N5O3. The molecule has 1 aromatic heterocycles. The van der Waals surface area contributed by atoms with Crippen molar-refractivity contribution in [2.45, 2.75) is 13.8 Å². The summed E-state index contributed by atoms with van der Waals surface area (Å²) in [6.45, 7) is 3.83. The van der Waals surface area contributed by atoms with E-state index in [0.29, 0.717) is 11.3 Å². The molecule has 0 bridgehead atoms. The summed E-state index contributed by atoms with van der Waals surface area (Å²) in [5.41, 5.74) is 9.01. The number of oxime groups is 2. The Morgan fingerprint density at radius 1 is 1.21 bits per heavy atom. The zero-order valence-electron chi connectivity index (χ0n) is 14.0. The van der Waals surface area contributed by atoms with Crippen molar-refractivity contribution in [3.05, 3.63) is 41.2 Å². The van der Waals surface area contributed by atoms with Crippen LogP contribution in [0.2, 0.25) is 0 Å². The second-order valence-electron chi connectivity index (χ2n) is 4.83. The van der Waals surface area contributed by atoms with E-state index in [2.05, 4.69) is 25.1 Å². The van der Waals surface area contributed by atoms with Crippen molar-refractivity contribution >= 4 is 17.7 Å². The third-order valence-electron chi connectivity index (χ3n) is 3.20. The largest absolute Gasteiger partial charge is 0.438 e. The van der Waals surface area contributed by atoms with Crippen LogP contribution in [0.25, 0.3) is 0 Å². The molecule has 0 aliphatic heterocycles. The summed E-state index contributed by atoms with van der Waals surface area (Å²) in [5, 5.41) is 7.62. The molecule has 0 atom stereocenters. The van der Waals surface area contributed by atoms with Crippen molar-refractivity contribution in [1.29, 1.82) is 0 Å². The van der Waals surface area contributed by atoms with E-state index in [-0.39, 0.29) is 11.7 Å². The van der Waals surface area contributed by atoms with Crippen LogP contribution in [0.3, 0.4) is 0 Å². The monoisotopic (exact) mass is 329 g/mol. The zero-order valence-corrected chi connectivity index (χ0v) is 14.0. The van der Waals surface area contributed by atoms with Gasteiger partial charge in [-0.1, -0.05) is 10.3 Å². The molecule has 2 N–H and O–H groups in total. The van der Waals surface area contributed by atoms with Gasteiger partial charge in [-0.05, 0) is 37.6 Å². The molecule has 0 saturated carbocycles. The van der Waals surface area contributed by atoms with Gasteiger partial charge in [-0.25, -0.2) is 9.97 Å². The Kier molecular flexibility index (Phi) is 5.67. The normalized spacial score (nSPS) is 11.6. The molecule has 126 valence electrons. The lowest BCUT2D eigenvalue weighted by Gasteiger charge is -2.11. The number of benzene rings is 1. The third kappa shape index (κ3) is 3.97. The predicted octanol–water partition coefficient (Wildman–Crippen LogP) is 2.51. The molecule has 0 aliphatic carbocycles. The Morgan fingerprint density at radius 3 is 2.67 bits per heavy atom. The highest BCUT2D eigenvalue weighted by atomic mass is 16.6. The van der Waals surface area contributed by atoms with Crippen molar-refractivity contribution in [3.8, 4) is 11.6 Å². The topological polar surface area (TPSA) is 104 Å². The van der Waals surface area contributed by atoms with Gasteiger partial charge < -0.3 is 20.1 Å². The van der Waals surface area contributed by atoms with Crippen LogP contribution in [0.5, 0.6) is 11.6 Å². The highest BCUT2D eigenvalue weighted by Gasteiger charge is 2.11. The second kappa shape index (κ2) is 7.91. The SMILES string of the molecule is CO/N=C(/C)c1ccc(Oc2ncnc(N)c2/C=N/OC)cc1C. The van der Waals surface area contributed by atoms with E-state index in [1.165, 1.54) is 26.8 Å². The van der Waals surface area contributed by atoms with Crippen LogP contribution in [-0.4, -0.2) is 36.1 Å². The summed E-state index contributed by atoms with van der Waals surface area (Å²) in [6.07, 6.45) is 2.73. The fraction of sp³-hybridized carbons (Fsp3) is 0.250. The zero-order chi connectivity index (χ0) is 17.5. The lowest BCUT2D eigenvalue weighted by atomic mass is 10.1. The fourth-order valence-corrected chi connectivity index (χ4v) is 2.10. The Hall–Kier alpha value is -3.16. The molecule has 0 saturated heterocycles. The van der Waals surface area contributed by atoms with Crippen LogP contribution in [0.4, 0.5) is 5.82 Å². The lowest BCUT2D eigenvalue weighted by molar-refractivity contribution is 0.213. The van der Waals surface area contributed by atoms with Crippen LogP contribution >= 0.6 is 0 Å². The van der Waals surface area contributed by atoms with Crippen LogP contribution in [-0.2, 0) is 9.68 Å². The van der Waals surface area contributed by atoms with Gasteiger partial charge in [-0.3, -0.25) is 0 Å². The average Bonchev–Trinajstić information content (AvgIpc) is 2.54. The standard InChI is InChI=1S/C16H19N5O3/c1-10-7-12(5-6-13(10)11(2)21-23-4)24-16-14(8-20-22-3)15(17)18-9-19-16/h5-9H,1-4H3,(H2,17,18,19)/b20-8+,21-11-. The Morgan fingerprint density at radius 2 is 2.00 bits per heavy atom. The van der Waals surface area contributed by atoms with Crippen LogP contribution < -0.4 is 10.5 Å². The van der Waals surface area contributed by atoms with E-state index >= 15 is 0 Å². The molecule has 2 aromatic rings. The quantitative estimate of drug-likeness (QED) is 0.645. The molecule has 0 radical (unpaired) electrons. The molecule has 0 amide bonds. The smallest absolute Gasteiger partial charge is 0.233 e. The minimum atomic E-state index is 0.247. The van der Waals surface area contributed by atoms with Gasteiger partial charge in [0, 0.05) is 5.56 Å². The summed E-state index contributed by atoms with van der Waals surface area (Å²) >= 11 is 0. The van der Waals surface area contributed by atoms with Gasteiger partial charge in [0.25, 0.3) is 0 Å². The molecule has 0 aliphatic rings. The molecule has 0 fully saturated rings. The molecule has 24 heavy (non-hydrogen) atoms. The molecule has 0 unspecified atom stereocenters. The van der Waals surface area contributed by atoms with Gasteiger partial charge >= 0.3 is 0 Å². The summed E-state index contributed by atoms with van der Waals surface area (Å²) < 4.78 is 5.81. The number of aryl methyl sites for hydroxylation is 1. The minimum Gasteiger partial charge on any atom is -0.438 e. The number of nitrogen functional groups attached to an aromatic ring is 1. The molecule has 8 nitrogen and oxygen atoms in total. The van der Waals surface area contributed by atoms with Gasteiger partial charge in [0.2, 0.25) is 5.88 Å². The van der Waals surface area contributed by atoms with E-state index in [4.69, 9.17) is 15.3 Å². The van der Waals surface area contributed by atoms with E-state index < -0.39 is 0 Å². The maximum atomic E-state index is 5.84. The van der Waals surface area contributed by atoms with Gasteiger partial charge in [0.05, 0.1) is 11.9 Å². The first kappa shape index (κ1) is 17.2. The minimum absolute atomic E-state index is 0.247. The van der Waals surface area contributed by atoms with Crippen molar-refractivity contribution < 1.29 is 14.4 Å². The number of nitrogens with two attached hydrogens (primary N) is 1. The number of hydrogen-bond acceptors (Lipinski definition) is 8. The van der Waals surface area contributed by atoms with Crippen molar-refractivity contribution in [1.82, 2.24) is 9.97 Å². The van der Waals surface area contributed by atoms with E-state index in [0.717, 1.165) is 16.8 Å². The highest BCUT2D eigenvalue weighted by Crippen LogP contribution is 2.26. The van der Waals surface area contributed by atoms with Crippen LogP contribution in [0.1, 0.15) is 23.6 Å². The van der Waals surface area contributed by atoms with Crippen molar-refractivity contribution in [2.24, 2.45) is 10.3 Å². The molecule has 1 heterocycles. The molecule has 0 spiro atoms. The molecule has 2 rings (SSSR count). The number of anilines is 1. The number of rotatable bonds is 6. The molecule has 8 heteroatoms. The van der Waals surface area contributed by atoms with Crippen LogP contribution in [0.15, 0.2) is 34.8 Å². The Labute approximate surface area is 139 Å². The van der Waals surface area contributed by atoms with E-state index in [1.54, 1.807) is 0 Å². The summed E-state index contributed by atoms with van der Waals surface area (Å²) in [5.74, 6) is 1.14. The number of nitrogens with zero attached hydrogens (tertiary/aromatic N) is 4. The van der Waals surface area contributed by atoms with Crippen molar-refractivity contribution in [2.75, 3.05) is 20.0 Å². The van der Waals surface area contributed by atoms with Gasteiger partial charge in [0.15, 0.2) is 0 Å². The van der Waals surface area contributed by atoms with Gasteiger partial charge in [-0.2, -0.15) is 0 Å². The fourth-order valence-electron chi connectivity index (χ4n) is 2.10. The summed E-state index contributed by atoms with van der Waals surface area (Å²) in [7, 11) is 2.95. The first-order chi connectivity index (χ1) is 11.6. The number of ether oxygens (including phenoxy) is 1. The Bertz CT molecular complexity index is 774. The molecular weight excluding hydrogens is 310 g/mol. The van der Waals surface area contributed by atoms with Gasteiger partial charge in [0.1, 0.15) is 37.7 Å². The lowest BCUT2D eigenvalue weighted by Crippen LogP contribution is -2.03. The predicted molar refractivity (Wildman–Crippen MR) is 91.5 cm³/mol. The molecule has 1 aromatic carbocycles. The summed E-state index contributed by atoms with van der Waals surface area (Å²) in [4.78, 5) is 17.5. The van der Waals surface area contributed by atoms with Gasteiger partial charge in [-0.15, -0.1) is 0 Å². The van der Waals surface area contributed by atoms with Crippen LogP contribution in [0, 0.1) is 6.92 Å². The average molecular weight is 329 g/mol. The van der Waals surface area contributed by atoms with Crippen molar-refractivity contribution in [3.63, 3.8) is 0 Å². The third-order valence-corrected chi connectivity index (χ3v) is 3.20. The first-order valence-electron chi connectivity index (χ1n) is 7.10. The maximum Gasteiger partial charge on any atom is 0.233 e. The van der Waals surface area contributed by atoms with E-state index in [9.17, 15) is 0 Å². The Balaban J connectivity index is 2.33. The first-order valence-corrected chi connectivity index (χ1v) is 7.10. The maximum absolute atomic E-state index is 5.84. The second-order valence-corrected chi connectivity index (χ2v) is 4.83. The van der Waals surface area contributed by atoms with E-state index in [1.807, 2.05) is 32.0 Å². The highest BCUT2D eigenvalue weighted by molar-refractivity contribution is 5.99.